The molecule has 2 heterocycles. The second-order valence-corrected chi connectivity index (χ2v) is 6.13. The summed E-state index contributed by atoms with van der Waals surface area (Å²) in [6.07, 6.45) is 1.73. The van der Waals surface area contributed by atoms with Crippen molar-refractivity contribution in [3.05, 3.63) is 26.8 Å². The summed E-state index contributed by atoms with van der Waals surface area (Å²) < 4.78 is 5.17. The number of carboxylic acid groups (broad SMARTS) is 1. The minimum atomic E-state index is -0.900. The summed E-state index contributed by atoms with van der Waals surface area (Å²) in [6, 6.07) is 0. The molecule has 0 saturated heterocycles. The zero-order valence-corrected chi connectivity index (χ0v) is 13.8. The van der Waals surface area contributed by atoms with Crippen molar-refractivity contribution in [3.8, 4) is 0 Å². The molecule has 2 rings (SSSR count). The summed E-state index contributed by atoms with van der Waals surface area (Å²) in [6.45, 7) is 3.91. The molecule has 8 heteroatoms. The van der Waals surface area contributed by atoms with Gasteiger partial charge in [0.05, 0.1) is 4.88 Å². The molecule has 0 fully saturated rings. The number of amides is 1. The van der Waals surface area contributed by atoms with Gasteiger partial charge in [0.1, 0.15) is 10.2 Å². The van der Waals surface area contributed by atoms with Crippen LogP contribution in [-0.4, -0.2) is 28.5 Å². The second kappa shape index (κ2) is 7.36. The van der Waals surface area contributed by atoms with Gasteiger partial charge >= 0.3 is 11.6 Å². The first-order valence-electron chi connectivity index (χ1n) is 7.37. The Hall–Kier alpha value is -2.22. The first kappa shape index (κ1) is 17.1. The number of carboxylic acids is 1. The topological polar surface area (TPSA) is 110 Å². The highest BCUT2D eigenvalue weighted by molar-refractivity contribution is 7.20. The van der Waals surface area contributed by atoms with Crippen LogP contribution in [0.1, 0.15) is 47.3 Å². The smallest absolute Gasteiger partial charge is 0.348 e. The SMILES string of the molecule is CCCc1nc2sc(C(=O)NCCCC(=O)O)c(C)c2c(=O)o1. The van der Waals surface area contributed by atoms with E-state index in [1.807, 2.05) is 6.92 Å². The lowest BCUT2D eigenvalue weighted by Crippen LogP contribution is -2.24. The van der Waals surface area contributed by atoms with Crippen LogP contribution in [0.15, 0.2) is 9.21 Å². The van der Waals surface area contributed by atoms with Gasteiger partial charge in [-0.25, -0.2) is 9.78 Å². The first-order valence-corrected chi connectivity index (χ1v) is 8.18. The summed E-state index contributed by atoms with van der Waals surface area (Å²) >= 11 is 1.15. The monoisotopic (exact) mass is 338 g/mol. The van der Waals surface area contributed by atoms with Crippen molar-refractivity contribution in [1.29, 1.82) is 0 Å². The molecule has 7 nitrogen and oxygen atoms in total. The van der Waals surface area contributed by atoms with E-state index >= 15 is 0 Å². The Morgan fingerprint density at radius 1 is 1.39 bits per heavy atom. The number of nitrogens with zero attached hydrogens (tertiary/aromatic N) is 1. The van der Waals surface area contributed by atoms with Gasteiger partial charge in [-0.15, -0.1) is 11.3 Å². The number of rotatable bonds is 7. The van der Waals surface area contributed by atoms with Gasteiger partial charge in [0.2, 0.25) is 0 Å². The zero-order chi connectivity index (χ0) is 17.0. The molecule has 124 valence electrons. The van der Waals surface area contributed by atoms with Crippen molar-refractivity contribution in [2.24, 2.45) is 0 Å². The summed E-state index contributed by atoms with van der Waals surface area (Å²) in [5, 5.41) is 11.6. The standard InChI is InChI=1S/C15H18N2O5S/c1-3-5-9-17-14-11(15(21)22-9)8(2)12(23-14)13(20)16-7-4-6-10(18)19/h3-7H2,1-2H3,(H,16,20)(H,18,19). The second-order valence-electron chi connectivity index (χ2n) is 5.13. The average Bonchev–Trinajstić information content (AvgIpc) is 2.81. The van der Waals surface area contributed by atoms with Crippen LogP contribution in [-0.2, 0) is 11.2 Å². The Morgan fingerprint density at radius 3 is 2.78 bits per heavy atom. The van der Waals surface area contributed by atoms with Crippen LogP contribution in [0.25, 0.3) is 10.2 Å². The van der Waals surface area contributed by atoms with Gasteiger partial charge in [0.15, 0.2) is 5.89 Å². The maximum absolute atomic E-state index is 12.2. The van der Waals surface area contributed by atoms with Crippen molar-refractivity contribution in [2.45, 2.75) is 39.5 Å². The predicted molar refractivity (Wildman–Crippen MR) is 86.1 cm³/mol. The Labute approximate surface area is 136 Å². The van der Waals surface area contributed by atoms with Gasteiger partial charge in [-0.1, -0.05) is 6.92 Å². The fraction of sp³-hybridized carbons (Fsp3) is 0.467. The van der Waals surface area contributed by atoms with Crippen molar-refractivity contribution < 1.29 is 19.1 Å². The van der Waals surface area contributed by atoms with Crippen LogP contribution in [0.2, 0.25) is 0 Å². The first-order chi connectivity index (χ1) is 10.9. The van der Waals surface area contributed by atoms with Gasteiger partial charge in [0, 0.05) is 19.4 Å². The molecule has 0 spiro atoms. The van der Waals surface area contributed by atoms with Crippen LogP contribution in [0.5, 0.6) is 0 Å². The molecule has 2 aromatic heterocycles. The largest absolute Gasteiger partial charge is 0.481 e. The van der Waals surface area contributed by atoms with Crippen molar-refractivity contribution >= 4 is 33.4 Å². The number of nitrogens with one attached hydrogen (secondary N) is 1. The summed E-state index contributed by atoms with van der Waals surface area (Å²) in [5.74, 6) is -0.852. The lowest BCUT2D eigenvalue weighted by atomic mass is 10.2. The molecule has 0 aromatic carbocycles. The van der Waals surface area contributed by atoms with E-state index in [1.165, 1.54) is 0 Å². The third-order valence-electron chi connectivity index (χ3n) is 3.29. The molecule has 23 heavy (non-hydrogen) atoms. The van der Waals surface area contributed by atoms with Gasteiger partial charge in [-0.3, -0.25) is 9.59 Å². The summed E-state index contributed by atoms with van der Waals surface area (Å²) in [4.78, 5) is 39.9. The van der Waals surface area contributed by atoms with E-state index in [0.29, 0.717) is 39.4 Å². The third kappa shape index (κ3) is 3.95. The maximum atomic E-state index is 12.2. The average molecular weight is 338 g/mol. The lowest BCUT2D eigenvalue weighted by Gasteiger charge is -2.02. The zero-order valence-electron chi connectivity index (χ0n) is 13.0. The number of thiophene rings is 1. The van der Waals surface area contributed by atoms with Gasteiger partial charge in [0.25, 0.3) is 5.91 Å². The van der Waals surface area contributed by atoms with Gasteiger partial charge < -0.3 is 14.8 Å². The van der Waals surface area contributed by atoms with E-state index in [0.717, 1.165) is 17.8 Å². The Morgan fingerprint density at radius 2 is 2.13 bits per heavy atom. The number of carbonyl (C=O) groups excluding carboxylic acids is 1. The van der Waals surface area contributed by atoms with E-state index in [4.69, 9.17) is 9.52 Å². The predicted octanol–water partition coefficient (Wildman–Crippen LogP) is 2.11. The van der Waals surface area contributed by atoms with Crippen molar-refractivity contribution in [2.75, 3.05) is 6.54 Å². The fourth-order valence-electron chi connectivity index (χ4n) is 2.17. The molecular weight excluding hydrogens is 320 g/mol. The molecule has 0 aliphatic heterocycles. The molecule has 0 aliphatic rings. The number of aromatic nitrogens is 1. The molecule has 0 unspecified atom stereocenters. The molecular formula is C15H18N2O5S. The highest BCUT2D eigenvalue weighted by atomic mass is 32.1. The lowest BCUT2D eigenvalue weighted by molar-refractivity contribution is -0.137. The minimum Gasteiger partial charge on any atom is -0.481 e. The minimum absolute atomic E-state index is 0.00278. The Bertz CT molecular complexity index is 793. The molecule has 1 amide bonds. The van der Waals surface area contributed by atoms with Crippen LogP contribution < -0.4 is 10.9 Å². The van der Waals surface area contributed by atoms with Crippen LogP contribution in [0.3, 0.4) is 0 Å². The van der Waals surface area contributed by atoms with E-state index in [2.05, 4.69) is 10.3 Å². The number of hydrogen-bond acceptors (Lipinski definition) is 6. The maximum Gasteiger partial charge on any atom is 0.348 e. The molecule has 0 saturated carbocycles. The summed E-state index contributed by atoms with van der Waals surface area (Å²) in [7, 11) is 0. The van der Waals surface area contributed by atoms with E-state index in [9.17, 15) is 14.4 Å². The highest BCUT2D eigenvalue weighted by Gasteiger charge is 2.20. The van der Waals surface area contributed by atoms with Crippen molar-refractivity contribution in [3.63, 3.8) is 0 Å². The molecule has 0 radical (unpaired) electrons. The highest BCUT2D eigenvalue weighted by Crippen LogP contribution is 2.27. The Balaban J connectivity index is 2.22. The van der Waals surface area contributed by atoms with E-state index in [-0.39, 0.29) is 18.9 Å². The quantitative estimate of drug-likeness (QED) is 0.748. The van der Waals surface area contributed by atoms with Gasteiger partial charge in [-0.2, -0.15) is 0 Å². The number of fused-ring (bicyclic) bond motifs is 1. The molecule has 0 bridgehead atoms. The molecule has 2 N–H and O–H groups in total. The normalized spacial score (nSPS) is 10.9. The van der Waals surface area contributed by atoms with Crippen LogP contribution >= 0.6 is 11.3 Å². The number of carbonyl (C=O) groups is 2. The van der Waals surface area contributed by atoms with Crippen molar-refractivity contribution in [1.82, 2.24) is 10.3 Å². The summed E-state index contributed by atoms with van der Waals surface area (Å²) in [5.41, 5.74) is 0.0714. The van der Waals surface area contributed by atoms with E-state index in [1.54, 1.807) is 6.92 Å². The number of hydrogen-bond donors (Lipinski definition) is 2. The van der Waals surface area contributed by atoms with Crippen LogP contribution in [0.4, 0.5) is 0 Å². The van der Waals surface area contributed by atoms with Gasteiger partial charge in [-0.05, 0) is 25.3 Å². The van der Waals surface area contributed by atoms with Crippen LogP contribution in [0, 0.1) is 6.92 Å². The molecule has 0 aliphatic carbocycles. The molecule has 2 aromatic rings. The van der Waals surface area contributed by atoms with E-state index < -0.39 is 11.6 Å². The molecule has 0 atom stereocenters. The number of aryl methyl sites for hydroxylation is 2. The Kier molecular flexibility index (Phi) is 5.49. The fourth-order valence-corrected chi connectivity index (χ4v) is 3.27. The third-order valence-corrected chi connectivity index (χ3v) is 4.48. The number of aliphatic carboxylic acids is 1.